The minimum absolute atomic E-state index is 0.317. The van der Waals surface area contributed by atoms with Gasteiger partial charge >= 0.3 is 5.97 Å². The fraction of sp³-hybridized carbons (Fsp3) is 0.217. The lowest BCUT2D eigenvalue weighted by atomic mass is 10.1. The van der Waals surface area contributed by atoms with Crippen molar-refractivity contribution >= 4 is 33.9 Å². The third-order valence-electron chi connectivity index (χ3n) is 4.83. The molecule has 1 aromatic heterocycles. The number of nitrogens with zero attached hydrogens (tertiary/aromatic N) is 1. The molecule has 1 aliphatic rings. The molecule has 2 heterocycles. The van der Waals surface area contributed by atoms with Gasteiger partial charge in [0.15, 0.2) is 6.61 Å². The van der Waals surface area contributed by atoms with Crippen LogP contribution < -0.4 is 10.2 Å². The first-order valence-electron chi connectivity index (χ1n) is 9.95. The highest BCUT2D eigenvalue weighted by atomic mass is 32.1. The van der Waals surface area contributed by atoms with Crippen molar-refractivity contribution in [3.63, 3.8) is 0 Å². The first-order chi connectivity index (χ1) is 15.5. The van der Waals surface area contributed by atoms with Crippen molar-refractivity contribution in [2.24, 2.45) is 0 Å². The maximum absolute atomic E-state index is 13.7. The second-order valence-electron chi connectivity index (χ2n) is 7.04. The summed E-state index contributed by atoms with van der Waals surface area (Å²) in [4.78, 5) is 27.2. The largest absolute Gasteiger partial charge is 0.451 e. The number of ether oxygens (including phenoxy) is 2. The van der Waals surface area contributed by atoms with E-state index in [2.05, 4.69) is 10.2 Å². The topological polar surface area (TPSA) is 67.9 Å². The zero-order chi connectivity index (χ0) is 22.5. The van der Waals surface area contributed by atoms with Crippen molar-refractivity contribution in [1.82, 2.24) is 0 Å². The average molecular weight is 458 g/mol. The molecule has 1 saturated heterocycles. The quantitative estimate of drug-likeness (QED) is 0.557. The minimum Gasteiger partial charge on any atom is -0.451 e. The molecule has 0 atom stereocenters. The van der Waals surface area contributed by atoms with Crippen molar-refractivity contribution in [1.29, 1.82) is 0 Å². The summed E-state index contributed by atoms with van der Waals surface area (Å²) in [5, 5.41) is 3.13. The molecular weight excluding hydrogens is 438 g/mol. The number of esters is 1. The Kier molecular flexibility index (Phi) is 6.77. The Labute approximate surface area is 187 Å². The van der Waals surface area contributed by atoms with Gasteiger partial charge in [-0.25, -0.2) is 13.6 Å². The molecule has 0 bridgehead atoms. The van der Waals surface area contributed by atoms with E-state index in [1.54, 1.807) is 6.07 Å². The van der Waals surface area contributed by atoms with E-state index >= 15 is 0 Å². The number of carbonyl (C=O) groups is 2. The molecule has 6 nitrogen and oxygen atoms in total. The maximum atomic E-state index is 13.7. The van der Waals surface area contributed by atoms with Crippen LogP contribution >= 0.6 is 11.3 Å². The van der Waals surface area contributed by atoms with E-state index in [0.29, 0.717) is 31.2 Å². The molecule has 166 valence electrons. The zero-order valence-electron chi connectivity index (χ0n) is 17.0. The van der Waals surface area contributed by atoms with Crippen molar-refractivity contribution < 1.29 is 27.8 Å². The lowest BCUT2D eigenvalue weighted by Gasteiger charge is -2.28. The summed E-state index contributed by atoms with van der Waals surface area (Å²) in [6.07, 6.45) is 0. The minimum atomic E-state index is -0.785. The van der Waals surface area contributed by atoms with Crippen LogP contribution in [0.1, 0.15) is 9.67 Å². The number of hydrogen-bond acceptors (Lipinski definition) is 6. The van der Waals surface area contributed by atoms with Gasteiger partial charge in [-0.3, -0.25) is 4.79 Å². The van der Waals surface area contributed by atoms with Crippen LogP contribution in [0, 0.1) is 11.6 Å². The Morgan fingerprint density at radius 3 is 2.56 bits per heavy atom. The highest BCUT2D eigenvalue weighted by Crippen LogP contribution is 2.39. The van der Waals surface area contributed by atoms with E-state index in [4.69, 9.17) is 9.47 Å². The van der Waals surface area contributed by atoms with Gasteiger partial charge in [0.25, 0.3) is 5.91 Å². The van der Waals surface area contributed by atoms with E-state index in [9.17, 15) is 18.4 Å². The highest BCUT2D eigenvalue weighted by Gasteiger charge is 2.23. The Morgan fingerprint density at radius 1 is 1.06 bits per heavy atom. The molecule has 1 fully saturated rings. The zero-order valence-corrected chi connectivity index (χ0v) is 17.8. The smallest absolute Gasteiger partial charge is 0.348 e. The Morgan fingerprint density at radius 2 is 1.81 bits per heavy atom. The first kappa shape index (κ1) is 21.9. The number of carbonyl (C=O) groups excluding carboxylic acids is 2. The van der Waals surface area contributed by atoms with Gasteiger partial charge in [0.2, 0.25) is 0 Å². The Balaban J connectivity index is 1.47. The fourth-order valence-corrected chi connectivity index (χ4v) is 4.42. The summed E-state index contributed by atoms with van der Waals surface area (Å²) < 4.78 is 37.5. The van der Waals surface area contributed by atoms with Crippen molar-refractivity contribution in [2.75, 3.05) is 43.1 Å². The van der Waals surface area contributed by atoms with E-state index in [1.165, 1.54) is 11.3 Å². The molecular formula is C23H20F2N2O4S. The molecule has 0 saturated carbocycles. The molecule has 0 unspecified atom stereocenters. The molecule has 32 heavy (non-hydrogen) atoms. The van der Waals surface area contributed by atoms with E-state index < -0.39 is 30.1 Å². The number of halogens is 2. The molecule has 2 aromatic carbocycles. The van der Waals surface area contributed by atoms with Crippen LogP contribution in [0.5, 0.6) is 0 Å². The Hall–Kier alpha value is -3.30. The molecule has 1 N–H and O–H groups in total. The summed E-state index contributed by atoms with van der Waals surface area (Å²) in [6, 6.07) is 14.1. The van der Waals surface area contributed by atoms with Gasteiger partial charge in [-0.2, -0.15) is 0 Å². The number of hydrogen-bond donors (Lipinski definition) is 1. The monoisotopic (exact) mass is 458 g/mol. The average Bonchev–Trinajstić information content (AvgIpc) is 3.27. The highest BCUT2D eigenvalue weighted by molar-refractivity contribution is 7.18. The van der Waals surface area contributed by atoms with Gasteiger partial charge in [0.1, 0.15) is 16.5 Å². The van der Waals surface area contributed by atoms with Crippen LogP contribution in [-0.4, -0.2) is 44.8 Å². The predicted octanol–water partition coefficient (Wildman–Crippen LogP) is 4.33. The van der Waals surface area contributed by atoms with Gasteiger partial charge < -0.3 is 19.7 Å². The molecule has 1 amide bonds. The van der Waals surface area contributed by atoms with Crippen molar-refractivity contribution in [2.45, 2.75) is 0 Å². The normalized spacial score (nSPS) is 13.6. The van der Waals surface area contributed by atoms with E-state index in [1.807, 2.05) is 30.3 Å². The van der Waals surface area contributed by atoms with Gasteiger partial charge in [-0.1, -0.05) is 30.3 Å². The number of thiophene rings is 1. The number of benzene rings is 2. The lowest BCUT2D eigenvalue weighted by molar-refractivity contribution is -0.119. The third-order valence-corrected chi connectivity index (χ3v) is 6.01. The second kappa shape index (κ2) is 9.88. The van der Waals surface area contributed by atoms with Gasteiger partial charge in [0, 0.05) is 24.7 Å². The molecule has 0 radical (unpaired) electrons. The van der Waals surface area contributed by atoms with Gasteiger partial charge in [-0.15, -0.1) is 11.3 Å². The van der Waals surface area contributed by atoms with Crippen LogP contribution in [0.25, 0.3) is 11.1 Å². The molecule has 4 rings (SSSR count). The summed E-state index contributed by atoms with van der Waals surface area (Å²) in [7, 11) is 0. The van der Waals surface area contributed by atoms with Crippen molar-refractivity contribution in [3.8, 4) is 11.1 Å². The SMILES string of the molecule is O=C(COC(=O)c1cc(-c2ccccc2)c(N2CCOCC2)s1)Nc1cc(F)ccc1F. The lowest BCUT2D eigenvalue weighted by Crippen LogP contribution is -2.35. The van der Waals surface area contributed by atoms with Crippen LogP contribution in [-0.2, 0) is 14.3 Å². The van der Waals surface area contributed by atoms with Crippen LogP contribution in [0.15, 0.2) is 54.6 Å². The number of amides is 1. The van der Waals surface area contributed by atoms with Crippen LogP contribution in [0.4, 0.5) is 19.5 Å². The molecule has 9 heteroatoms. The molecule has 0 spiro atoms. The fourth-order valence-electron chi connectivity index (χ4n) is 3.29. The van der Waals surface area contributed by atoms with Gasteiger partial charge in [-0.05, 0) is 23.8 Å². The third kappa shape index (κ3) is 5.12. The Bertz CT molecular complexity index is 1110. The van der Waals surface area contributed by atoms with Crippen LogP contribution in [0.3, 0.4) is 0 Å². The number of anilines is 2. The second-order valence-corrected chi connectivity index (χ2v) is 8.07. The standard InChI is InChI=1S/C23H20F2N2O4S/c24-16-6-7-18(25)19(12-16)26-21(28)14-31-23(29)20-13-17(15-4-2-1-3-5-15)22(32-20)27-8-10-30-11-9-27/h1-7,12-13H,8-11,14H2,(H,26,28). The molecule has 3 aromatic rings. The first-order valence-corrected chi connectivity index (χ1v) is 10.8. The van der Waals surface area contributed by atoms with E-state index in [-0.39, 0.29) is 5.69 Å². The summed E-state index contributed by atoms with van der Waals surface area (Å²) >= 11 is 1.28. The molecule has 0 aliphatic carbocycles. The number of rotatable bonds is 6. The van der Waals surface area contributed by atoms with Crippen molar-refractivity contribution in [3.05, 3.63) is 71.1 Å². The van der Waals surface area contributed by atoms with E-state index in [0.717, 1.165) is 34.3 Å². The number of morpholine rings is 1. The summed E-state index contributed by atoms with van der Waals surface area (Å²) in [5.41, 5.74) is 1.54. The number of nitrogens with one attached hydrogen (secondary N) is 1. The van der Waals surface area contributed by atoms with Gasteiger partial charge in [0.05, 0.1) is 23.9 Å². The van der Waals surface area contributed by atoms with Crippen LogP contribution in [0.2, 0.25) is 0 Å². The predicted molar refractivity (Wildman–Crippen MR) is 118 cm³/mol. The maximum Gasteiger partial charge on any atom is 0.348 e. The molecule has 1 aliphatic heterocycles. The summed E-state index contributed by atoms with van der Waals surface area (Å²) in [6.45, 7) is 1.98. The summed E-state index contributed by atoms with van der Waals surface area (Å²) in [5.74, 6) is -2.91.